The van der Waals surface area contributed by atoms with Crippen LogP contribution < -0.4 is 0 Å². The number of hydrogen-bond acceptors (Lipinski definition) is 4. The van der Waals surface area contributed by atoms with E-state index in [1.807, 2.05) is 6.07 Å². The number of fused-ring (bicyclic) bond motifs is 1. The molecule has 1 saturated carbocycles. The molecule has 0 spiro atoms. The van der Waals surface area contributed by atoms with Crippen molar-refractivity contribution in [2.24, 2.45) is 5.92 Å². The number of rotatable bonds is 5. The van der Waals surface area contributed by atoms with Crippen LogP contribution in [0.25, 0.3) is 11.0 Å². The average molecular weight is 365 g/mol. The van der Waals surface area contributed by atoms with Gasteiger partial charge in [-0.1, -0.05) is 20.8 Å². The highest BCUT2D eigenvalue weighted by molar-refractivity contribution is 7.92. The van der Waals surface area contributed by atoms with Crippen LogP contribution in [0.2, 0.25) is 0 Å². The van der Waals surface area contributed by atoms with Crippen molar-refractivity contribution in [3.63, 3.8) is 0 Å². The van der Waals surface area contributed by atoms with E-state index >= 15 is 0 Å². The molecule has 6 heteroatoms. The summed E-state index contributed by atoms with van der Waals surface area (Å²) in [4.78, 5) is 5.00. The maximum absolute atomic E-state index is 12.8. The van der Waals surface area contributed by atoms with E-state index in [0.717, 1.165) is 17.9 Å². The molecular formula is C19H28N2O3S. The topological polar surface area (TPSA) is 72.2 Å². The lowest BCUT2D eigenvalue weighted by Crippen LogP contribution is -2.35. The van der Waals surface area contributed by atoms with Crippen LogP contribution in [-0.2, 0) is 21.8 Å². The molecule has 1 aromatic heterocycles. The summed E-state index contributed by atoms with van der Waals surface area (Å²) in [6.45, 7) is 9.99. The van der Waals surface area contributed by atoms with Crippen molar-refractivity contribution in [3.05, 3.63) is 24.0 Å². The van der Waals surface area contributed by atoms with Crippen molar-refractivity contribution in [2.75, 3.05) is 6.61 Å². The van der Waals surface area contributed by atoms with E-state index in [0.29, 0.717) is 11.4 Å². The van der Waals surface area contributed by atoms with Gasteiger partial charge in [0.2, 0.25) is 0 Å². The first-order chi connectivity index (χ1) is 11.5. The SMILES string of the molecule is CC(C)(C)c1nc2cc(S(=O)(=O)C(C)(C)CO)ccc2n1CC1CC1. The Morgan fingerprint density at radius 1 is 1.20 bits per heavy atom. The highest BCUT2D eigenvalue weighted by atomic mass is 32.2. The van der Waals surface area contributed by atoms with E-state index in [1.165, 1.54) is 12.8 Å². The fourth-order valence-corrected chi connectivity index (χ4v) is 4.32. The Balaban J connectivity index is 2.16. The standard InChI is InChI=1S/C19H28N2O3S/c1-18(2,3)17-20-15-10-14(25(23,24)19(4,5)12-22)8-9-16(15)21(17)11-13-6-7-13/h8-10,13,22H,6-7,11-12H2,1-5H3. The number of aliphatic hydroxyl groups is 1. The lowest BCUT2D eigenvalue weighted by atomic mass is 9.95. The zero-order chi connectivity index (χ0) is 18.6. The maximum Gasteiger partial charge on any atom is 0.185 e. The molecular weight excluding hydrogens is 336 g/mol. The van der Waals surface area contributed by atoms with Gasteiger partial charge < -0.3 is 9.67 Å². The fourth-order valence-electron chi connectivity index (χ4n) is 3.00. The summed E-state index contributed by atoms with van der Waals surface area (Å²) in [5.74, 6) is 1.69. The smallest absolute Gasteiger partial charge is 0.185 e. The van der Waals surface area contributed by atoms with Gasteiger partial charge in [0, 0.05) is 12.0 Å². The Kier molecular flexibility index (Phi) is 4.27. The zero-order valence-corrected chi connectivity index (χ0v) is 16.5. The number of benzene rings is 1. The number of nitrogens with zero attached hydrogens (tertiary/aromatic N) is 2. The van der Waals surface area contributed by atoms with E-state index in [4.69, 9.17) is 4.98 Å². The summed E-state index contributed by atoms with van der Waals surface area (Å²) in [6, 6.07) is 5.16. The molecule has 25 heavy (non-hydrogen) atoms. The van der Waals surface area contributed by atoms with Crippen LogP contribution in [0.5, 0.6) is 0 Å². The molecule has 0 amide bonds. The van der Waals surface area contributed by atoms with Crippen LogP contribution in [-0.4, -0.2) is 34.4 Å². The zero-order valence-electron chi connectivity index (χ0n) is 15.7. The second kappa shape index (κ2) is 5.81. The Bertz CT molecular complexity index is 901. The third kappa shape index (κ3) is 3.22. The van der Waals surface area contributed by atoms with Gasteiger partial charge in [0.25, 0.3) is 0 Å². The van der Waals surface area contributed by atoms with Crippen molar-refractivity contribution in [1.29, 1.82) is 0 Å². The summed E-state index contributed by atoms with van der Waals surface area (Å²) in [5.41, 5.74) is 1.58. The van der Waals surface area contributed by atoms with Crippen molar-refractivity contribution in [1.82, 2.24) is 9.55 Å². The molecule has 1 N–H and O–H groups in total. The maximum atomic E-state index is 12.8. The Labute approximate surface area is 150 Å². The van der Waals surface area contributed by atoms with Gasteiger partial charge in [-0.15, -0.1) is 0 Å². The lowest BCUT2D eigenvalue weighted by Gasteiger charge is -2.22. The van der Waals surface area contributed by atoms with E-state index in [-0.39, 0.29) is 10.3 Å². The van der Waals surface area contributed by atoms with Crippen molar-refractivity contribution in [3.8, 4) is 0 Å². The van der Waals surface area contributed by atoms with Gasteiger partial charge in [-0.05, 0) is 50.8 Å². The fraction of sp³-hybridized carbons (Fsp3) is 0.632. The molecule has 0 unspecified atom stereocenters. The molecule has 0 saturated heterocycles. The molecule has 3 rings (SSSR count). The Hall–Kier alpha value is -1.40. The molecule has 138 valence electrons. The summed E-state index contributed by atoms with van der Waals surface area (Å²) in [7, 11) is -3.63. The van der Waals surface area contributed by atoms with Crippen LogP contribution >= 0.6 is 0 Å². The van der Waals surface area contributed by atoms with Gasteiger partial charge in [0.1, 0.15) is 5.82 Å². The third-order valence-corrected chi connectivity index (χ3v) is 7.41. The van der Waals surface area contributed by atoms with Gasteiger partial charge in [0.15, 0.2) is 9.84 Å². The van der Waals surface area contributed by atoms with Crippen LogP contribution in [0.3, 0.4) is 0 Å². The molecule has 5 nitrogen and oxygen atoms in total. The average Bonchev–Trinajstić information content (AvgIpc) is 3.25. The molecule has 0 aliphatic heterocycles. The Morgan fingerprint density at radius 3 is 2.36 bits per heavy atom. The second-order valence-electron chi connectivity index (χ2n) is 8.81. The summed E-state index contributed by atoms with van der Waals surface area (Å²) < 4.78 is 26.7. The van der Waals surface area contributed by atoms with E-state index in [2.05, 4.69) is 25.3 Å². The summed E-state index contributed by atoms with van der Waals surface area (Å²) in [6.07, 6.45) is 2.50. The van der Waals surface area contributed by atoms with Crippen LogP contribution in [0.1, 0.15) is 53.3 Å². The van der Waals surface area contributed by atoms with E-state index in [1.54, 1.807) is 26.0 Å². The second-order valence-corrected chi connectivity index (χ2v) is 11.4. The largest absolute Gasteiger partial charge is 0.395 e. The van der Waals surface area contributed by atoms with Gasteiger partial charge in [-0.3, -0.25) is 0 Å². The van der Waals surface area contributed by atoms with Gasteiger partial charge in [0.05, 0.1) is 27.3 Å². The summed E-state index contributed by atoms with van der Waals surface area (Å²) in [5, 5.41) is 9.47. The molecule has 0 radical (unpaired) electrons. The van der Waals surface area contributed by atoms with Crippen molar-refractivity contribution in [2.45, 2.75) is 69.1 Å². The molecule has 0 atom stereocenters. The third-order valence-electron chi connectivity index (χ3n) is 4.95. The predicted molar refractivity (Wildman–Crippen MR) is 99.5 cm³/mol. The normalized spacial score (nSPS) is 16.6. The lowest BCUT2D eigenvalue weighted by molar-refractivity contribution is 0.258. The number of sulfone groups is 1. The molecule has 1 aromatic carbocycles. The Morgan fingerprint density at radius 2 is 1.84 bits per heavy atom. The molecule has 0 bridgehead atoms. The van der Waals surface area contributed by atoms with Crippen LogP contribution in [0, 0.1) is 5.92 Å². The quantitative estimate of drug-likeness (QED) is 0.884. The van der Waals surface area contributed by atoms with Crippen molar-refractivity contribution >= 4 is 20.9 Å². The van der Waals surface area contributed by atoms with Gasteiger partial charge >= 0.3 is 0 Å². The van der Waals surface area contributed by atoms with Crippen molar-refractivity contribution < 1.29 is 13.5 Å². The minimum absolute atomic E-state index is 0.114. The summed E-state index contributed by atoms with van der Waals surface area (Å²) >= 11 is 0. The first kappa shape index (κ1) is 18.4. The van der Waals surface area contributed by atoms with Gasteiger partial charge in [-0.2, -0.15) is 0 Å². The first-order valence-electron chi connectivity index (χ1n) is 8.83. The predicted octanol–water partition coefficient (Wildman–Crippen LogP) is 3.29. The number of hydrogen-bond donors (Lipinski definition) is 1. The number of aliphatic hydroxyl groups excluding tert-OH is 1. The minimum Gasteiger partial charge on any atom is -0.395 e. The number of imidazole rings is 1. The van der Waals surface area contributed by atoms with E-state index in [9.17, 15) is 13.5 Å². The highest BCUT2D eigenvalue weighted by Crippen LogP contribution is 2.36. The minimum atomic E-state index is -3.63. The first-order valence-corrected chi connectivity index (χ1v) is 10.3. The molecule has 2 aromatic rings. The van der Waals surface area contributed by atoms with Crippen LogP contribution in [0.4, 0.5) is 0 Å². The molecule has 1 aliphatic carbocycles. The molecule has 1 heterocycles. The monoisotopic (exact) mass is 364 g/mol. The molecule has 1 aliphatic rings. The molecule has 1 fully saturated rings. The van der Waals surface area contributed by atoms with Crippen LogP contribution in [0.15, 0.2) is 23.1 Å². The van der Waals surface area contributed by atoms with Gasteiger partial charge in [-0.25, -0.2) is 13.4 Å². The number of aromatic nitrogens is 2. The highest BCUT2D eigenvalue weighted by Gasteiger charge is 2.36. The van der Waals surface area contributed by atoms with E-state index < -0.39 is 21.2 Å².